The average Bonchev–Trinajstić information content (AvgIpc) is 2.91. The van der Waals surface area contributed by atoms with Crippen molar-refractivity contribution in [3.63, 3.8) is 0 Å². The summed E-state index contributed by atoms with van der Waals surface area (Å²) < 4.78 is 34.8. The number of hydrogen-bond donors (Lipinski definition) is 1. The van der Waals surface area contributed by atoms with E-state index >= 15 is 0 Å². The lowest BCUT2D eigenvalue weighted by Crippen LogP contribution is -2.27. The maximum absolute atomic E-state index is 12.3. The number of aromatic nitrogens is 1. The summed E-state index contributed by atoms with van der Waals surface area (Å²) in [5.74, 6) is 0.321. The zero-order chi connectivity index (χ0) is 14.6. The third kappa shape index (κ3) is 3.62. The van der Waals surface area contributed by atoms with Gasteiger partial charge < -0.3 is 9.30 Å². The first kappa shape index (κ1) is 15.1. The van der Waals surface area contributed by atoms with E-state index in [0.29, 0.717) is 23.3 Å². The molecule has 0 fully saturated rings. The summed E-state index contributed by atoms with van der Waals surface area (Å²) in [5, 5.41) is 0. The molecule has 0 amide bonds. The molecule has 7 heteroatoms. The largest absolute Gasteiger partial charge is 0.495 e. The van der Waals surface area contributed by atoms with E-state index in [0.717, 1.165) is 0 Å². The van der Waals surface area contributed by atoms with Crippen molar-refractivity contribution in [2.75, 3.05) is 13.7 Å². The van der Waals surface area contributed by atoms with Crippen LogP contribution in [0, 0.1) is 0 Å². The molecular formula is C13H15BrN2O3S. The van der Waals surface area contributed by atoms with E-state index in [-0.39, 0.29) is 4.90 Å². The molecule has 0 bridgehead atoms. The minimum absolute atomic E-state index is 0.127. The van der Waals surface area contributed by atoms with Gasteiger partial charge in [0.25, 0.3) is 0 Å². The average molecular weight is 359 g/mol. The molecular weight excluding hydrogens is 344 g/mol. The van der Waals surface area contributed by atoms with E-state index < -0.39 is 10.0 Å². The van der Waals surface area contributed by atoms with Gasteiger partial charge in [-0.25, -0.2) is 13.1 Å². The van der Waals surface area contributed by atoms with Gasteiger partial charge in [-0.15, -0.1) is 0 Å². The Kier molecular flexibility index (Phi) is 4.85. The van der Waals surface area contributed by atoms with Gasteiger partial charge in [-0.3, -0.25) is 0 Å². The van der Waals surface area contributed by atoms with Crippen molar-refractivity contribution < 1.29 is 13.2 Å². The third-order valence-electron chi connectivity index (χ3n) is 2.74. The first-order valence-corrected chi connectivity index (χ1v) is 8.24. The monoisotopic (exact) mass is 358 g/mol. The second kappa shape index (κ2) is 6.43. The summed E-state index contributed by atoms with van der Waals surface area (Å²) in [7, 11) is -2.15. The lowest BCUT2D eigenvalue weighted by molar-refractivity contribution is 0.402. The number of hydrogen-bond acceptors (Lipinski definition) is 3. The van der Waals surface area contributed by atoms with Gasteiger partial charge in [-0.1, -0.05) is 15.9 Å². The highest BCUT2D eigenvalue weighted by Crippen LogP contribution is 2.26. The molecule has 0 saturated carbocycles. The predicted molar refractivity (Wildman–Crippen MR) is 80.3 cm³/mol. The first-order chi connectivity index (χ1) is 9.53. The van der Waals surface area contributed by atoms with Crippen molar-refractivity contribution in [3.8, 4) is 5.75 Å². The Bertz CT molecular complexity index is 669. The lowest BCUT2D eigenvalue weighted by Gasteiger charge is -2.11. The molecule has 0 aliphatic heterocycles. The Morgan fingerprint density at radius 3 is 2.65 bits per heavy atom. The second-order valence-electron chi connectivity index (χ2n) is 4.11. The topological polar surface area (TPSA) is 60.3 Å². The molecule has 0 aliphatic carbocycles. The molecule has 0 atom stereocenters. The van der Waals surface area contributed by atoms with Crippen LogP contribution in [0.2, 0.25) is 0 Å². The van der Waals surface area contributed by atoms with Crippen LogP contribution in [0.1, 0.15) is 0 Å². The first-order valence-electron chi connectivity index (χ1n) is 5.97. The van der Waals surface area contributed by atoms with Crippen LogP contribution in [0.5, 0.6) is 5.75 Å². The number of benzene rings is 1. The Balaban J connectivity index is 2.11. The van der Waals surface area contributed by atoms with Crippen LogP contribution in [0.4, 0.5) is 0 Å². The SMILES string of the molecule is COc1ccc(Br)cc1S(=O)(=O)NCCn1cccc1. The van der Waals surface area contributed by atoms with Gasteiger partial charge in [0.15, 0.2) is 0 Å². The molecule has 20 heavy (non-hydrogen) atoms. The van der Waals surface area contributed by atoms with Gasteiger partial charge in [0.05, 0.1) is 7.11 Å². The van der Waals surface area contributed by atoms with Crippen LogP contribution in [0.15, 0.2) is 52.1 Å². The smallest absolute Gasteiger partial charge is 0.244 e. The van der Waals surface area contributed by atoms with Crippen LogP contribution in [-0.2, 0) is 16.6 Å². The van der Waals surface area contributed by atoms with Crippen molar-refractivity contribution in [3.05, 3.63) is 47.2 Å². The number of rotatable bonds is 6. The molecule has 1 N–H and O–H groups in total. The molecule has 2 aromatic rings. The number of sulfonamides is 1. The second-order valence-corrected chi connectivity index (χ2v) is 6.76. The molecule has 0 aliphatic rings. The minimum atomic E-state index is -3.60. The van der Waals surface area contributed by atoms with Crippen LogP contribution in [-0.4, -0.2) is 26.6 Å². The van der Waals surface area contributed by atoms with Gasteiger partial charge in [-0.2, -0.15) is 0 Å². The molecule has 0 unspecified atom stereocenters. The summed E-state index contributed by atoms with van der Waals surface area (Å²) >= 11 is 3.27. The standard InChI is InChI=1S/C13H15BrN2O3S/c1-19-12-5-4-11(14)10-13(12)20(17,18)15-6-9-16-7-2-3-8-16/h2-5,7-8,10,15H,6,9H2,1H3. The Labute approximate surface area is 126 Å². The minimum Gasteiger partial charge on any atom is -0.495 e. The molecule has 1 aromatic carbocycles. The number of methoxy groups -OCH3 is 1. The Morgan fingerprint density at radius 1 is 1.30 bits per heavy atom. The van der Waals surface area contributed by atoms with Crippen LogP contribution >= 0.6 is 15.9 Å². The highest BCUT2D eigenvalue weighted by atomic mass is 79.9. The van der Waals surface area contributed by atoms with Crippen molar-refractivity contribution in [2.45, 2.75) is 11.4 Å². The quantitative estimate of drug-likeness (QED) is 0.861. The van der Waals surface area contributed by atoms with Crippen LogP contribution in [0.25, 0.3) is 0 Å². The van der Waals surface area contributed by atoms with Crippen LogP contribution in [0.3, 0.4) is 0 Å². The van der Waals surface area contributed by atoms with E-state index in [1.165, 1.54) is 13.2 Å². The van der Waals surface area contributed by atoms with Crippen molar-refractivity contribution >= 4 is 26.0 Å². The number of halogens is 1. The molecule has 1 heterocycles. The summed E-state index contributed by atoms with van der Waals surface area (Å²) in [4.78, 5) is 0.127. The van der Waals surface area contributed by atoms with E-state index in [1.54, 1.807) is 12.1 Å². The lowest BCUT2D eigenvalue weighted by atomic mass is 10.3. The number of nitrogens with one attached hydrogen (secondary N) is 1. The predicted octanol–water partition coefficient (Wildman–Crippen LogP) is 2.24. The highest BCUT2D eigenvalue weighted by Gasteiger charge is 2.19. The third-order valence-corrected chi connectivity index (χ3v) is 4.72. The van der Waals surface area contributed by atoms with Gasteiger partial charge in [0.2, 0.25) is 10.0 Å². The zero-order valence-electron chi connectivity index (χ0n) is 10.9. The van der Waals surface area contributed by atoms with Gasteiger partial charge in [-0.05, 0) is 30.3 Å². The molecule has 0 saturated heterocycles. The fourth-order valence-corrected chi connectivity index (χ4v) is 3.49. The molecule has 1 aromatic heterocycles. The molecule has 2 rings (SSSR count). The van der Waals surface area contributed by atoms with E-state index in [9.17, 15) is 8.42 Å². The van der Waals surface area contributed by atoms with E-state index in [4.69, 9.17) is 4.74 Å². The molecule has 5 nitrogen and oxygen atoms in total. The van der Waals surface area contributed by atoms with Crippen molar-refractivity contribution in [1.29, 1.82) is 0 Å². The molecule has 0 spiro atoms. The summed E-state index contributed by atoms with van der Waals surface area (Å²) in [6, 6.07) is 8.66. The normalized spacial score (nSPS) is 11.5. The fraction of sp³-hybridized carbons (Fsp3) is 0.231. The fourth-order valence-electron chi connectivity index (χ4n) is 1.77. The Hall–Kier alpha value is -1.31. The number of nitrogens with zero attached hydrogens (tertiary/aromatic N) is 1. The molecule has 0 radical (unpaired) electrons. The Morgan fingerprint density at radius 2 is 2.00 bits per heavy atom. The van der Waals surface area contributed by atoms with Gasteiger partial charge >= 0.3 is 0 Å². The zero-order valence-corrected chi connectivity index (χ0v) is 13.3. The maximum atomic E-state index is 12.3. The number of ether oxygens (including phenoxy) is 1. The molecule has 108 valence electrons. The van der Waals surface area contributed by atoms with Crippen LogP contribution < -0.4 is 9.46 Å². The van der Waals surface area contributed by atoms with E-state index in [2.05, 4.69) is 20.7 Å². The summed E-state index contributed by atoms with van der Waals surface area (Å²) in [6.07, 6.45) is 3.77. The highest BCUT2D eigenvalue weighted by molar-refractivity contribution is 9.10. The van der Waals surface area contributed by atoms with Crippen molar-refractivity contribution in [2.24, 2.45) is 0 Å². The summed E-state index contributed by atoms with van der Waals surface area (Å²) in [6.45, 7) is 0.884. The van der Waals surface area contributed by atoms with E-state index in [1.807, 2.05) is 29.1 Å². The van der Waals surface area contributed by atoms with Crippen molar-refractivity contribution in [1.82, 2.24) is 9.29 Å². The van der Waals surface area contributed by atoms with Gasteiger partial charge in [0, 0.05) is 30.0 Å². The summed E-state index contributed by atoms with van der Waals surface area (Å²) in [5.41, 5.74) is 0. The maximum Gasteiger partial charge on any atom is 0.244 e. The van der Waals surface area contributed by atoms with Gasteiger partial charge in [0.1, 0.15) is 10.6 Å².